The van der Waals surface area contributed by atoms with Gasteiger partial charge in [0.2, 0.25) is 10.0 Å². The van der Waals surface area contributed by atoms with Crippen molar-refractivity contribution in [3.8, 4) is 11.5 Å². The van der Waals surface area contributed by atoms with Gasteiger partial charge in [-0.15, -0.1) is 11.3 Å². The third kappa shape index (κ3) is 7.09. The molecule has 12 heteroatoms. The summed E-state index contributed by atoms with van der Waals surface area (Å²) in [5, 5.41) is 0. The first-order valence-corrected chi connectivity index (χ1v) is 18.8. The lowest BCUT2D eigenvalue weighted by Crippen LogP contribution is -2.47. The normalized spacial score (nSPS) is 16.5. The number of benzene rings is 3. The summed E-state index contributed by atoms with van der Waals surface area (Å²) in [5.41, 5.74) is 3.51. The fraction of sp³-hybridized carbons (Fsp3) is 0.351. The molecule has 3 heterocycles. The Balaban J connectivity index is 1.23. The Morgan fingerprint density at radius 3 is 2.24 bits per heavy atom. The maximum Gasteiger partial charge on any atom is 0.264 e. The molecule has 0 saturated carbocycles. The number of carbonyl (C=O) groups is 2. The number of imide groups is 1. The third-order valence-corrected chi connectivity index (χ3v) is 12.4. The van der Waals surface area contributed by atoms with E-state index >= 15 is 0 Å². The first-order valence-electron chi connectivity index (χ1n) is 16.5. The second kappa shape index (κ2) is 14.7. The van der Waals surface area contributed by atoms with Crippen molar-refractivity contribution in [1.82, 2.24) is 14.5 Å². The highest BCUT2D eigenvalue weighted by atomic mass is 32.2. The summed E-state index contributed by atoms with van der Waals surface area (Å²) in [7, 11) is -0.594. The Hall–Kier alpha value is -4.23. The number of ether oxygens (including phenoxy) is 2. The summed E-state index contributed by atoms with van der Waals surface area (Å²) in [6.45, 7) is 7.30. The van der Waals surface area contributed by atoms with Gasteiger partial charge in [-0.2, -0.15) is 0 Å². The molecule has 3 aromatic carbocycles. The van der Waals surface area contributed by atoms with Crippen molar-refractivity contribution >= 4 is 38.9 Å². The predicted molar refractivity (Wildman–Crippen MR) is 191 cm³/mol. The van der Waals surface area contributed by atoms with Gasteiger partial charge in [0.15, 0.2) is 11.5 Å². The Morgan fingerprint density at radius 1 is 0.837 bits per heavy atom. The van der Waals surface area contributed by atoms with Crippen LogP contribution < -0.4 is 19.1 Å². The molecule has 10 nitrogen and oxygen atoms in total. The molecule has 1 aromatic heterocycles. The van der Waals surface area contributed by atoms with E-state index in [4.69, 9.17) is 9.47 Å². The van der Waals surface area contributed by atoms with Crippen LogP contribution in [0.4, 0.5) is 5.69 Å². The van der Waals surface area contributed by atoms with Gasteiger partial charge in [-0.25, -0.2) is 13.1 Å². The number of amides is 2. The van der Waals surface area contributed by atoms with Gasteiger partial charge in [-0.1, -0.05) is 42.5 Å². The zero-order valence-corrected chi connectivity index (χ0v) is 29.9. The van der Waals surface area contributed by atoms with Crippen molar-refractivity contribution in [2.24, 2.45) is 0 Å². The molecular weight excluding hydrogens is 661 g/mol. The van der Waals surface area contributed by atoms with Crippen LogP contribution in [-0.4, -0.2) is 77.0 Å². The molecule has 1 fully saturated rings. The smallest absolute Gasteiger partial charge is 0.264 e. The van der Waals surface area contributed by atoms with Crippen LogP contribution in [0.25, 0.3) is 0 Å². The number of hydrogen-bond acceptors (Lipinski definition) is 9. The average molecular weight is 703 g/mol. The number of anilines is 1. The monoisotopic (exact) mass is 702 g/mol. The summed E-state index contributed by atoms with van der Waals surface area (Å²) in [5.74, 6) is 0.269. The Bertz CT molecular complexity index is 1920. The van der Waals surface area contributed by atoms with Crippen LogP contribution >= 0.6 is 11.3 Å². The zero-order chi connectivity index (χ0) is 34.7. The molecule has 4 aromatic rings. The number of methoxy groups -OCH3 is 2. The summed E-state index contributed by atoms with van der Waals surface area (Å²) in [6.07, 6.45) is 0.711. The Labute approximate surface area is 292 Å². The predicted octanol–water partition coefficient (Wildman–Crippen LogP) is 6.05. The van der Waals surface area contributed by atoms with Gasteiger partial charge in [-0.05, 0) is 74.2 Å². The van der Waals surface area contributed by atoms with Gasteiger partial charge in [0.1, 0.15) is 4.21 Å². The molecule has 0 radical (unpaired) electrons. The van der Waals surface area contributed by atoms with E-state index in [1.807, 2.05) is 31.2 Å². The minimum atomic E-state index is -3.67. The highest BCUT2D eigenvalue weighted by Gasteiger charge is 2.43. The van der Waals surface area contributed by atoms with E-state index in [1.54, 1.807) is 37.4 Å². The largest absolute Gasteiger partial charge is 0.493 e. The van der Waals surface area contributed by atoms with Crippen molar-refractivity contribution in [3.63, 3.8) is 0 Å². The number of aryl methyl sites for hydroxylation is 1. The number of rotatable bonds is 13. The fourth-order valence-corrected chi connectivity index (χ4v) is 9.16. The number of piperazine rings is 1. The highest BCUT2D eigenvalue weighted by molar-refractivity contribution is 7.91. The second-order valence-electron chi connectivity index (χ2n) is 12.3. The van der Waals surface area contributed by atoms with Crippen molar-refractivity contribution in [2.45, 2.75) is 43.0 Å². The molecule has 1 N–H and O–H groups in total. The topological polar surface area (TPSA) is 108 Å². The molecule has 0 bridgehead atoms. The van der Waals surface area contributed by atoms with Crippen molar-refractivity contribution in [1.29, 1.82) is 0 Å². The quantitative estimate of drug-likeness (QED) is 0.133. The van der Waals surface area contributed by atoms with Crippen LogP contribution in [-0.2, 0) is 10.0 Å². The van der Waals surface area contributed by atoms with Crippen LogP contribution in [0.5, 0.6) is 11.5 Å². The molecule has 49 heavy (non-hydrogen) atoms. The van der Waals surface area contributed by atoms with Crippen LogP contribution in [0, 0.1) is 6.92 Å². The average Bonchev–Trinajstić information content (AvgIpc) is 3.69. The SMILES string of the molecule is COc1ccc(C(CCCNS(=O)(=O)c2ccc(C)s2)N2C(=O)c3cccc(N4CCN([C@H](C)c5ccccc5)CC4)c3C2=O)cc1OC. The Kier molecular flexibility index (Phi) is 10.4. The van der Waals surface area contributed by atoms with E-state index in [0.717, 1.165) is 36.7 Å². The maximum atomic E-state index is 14.4. The highest BCUT2D eigenvalue weighted by Crippen LogP contribution is 2.41. The molecule has 1 unspecified atom stereocenters. The van der Waals surface area contributed by atoms with Crippen LogP contribution in [0.1, 0.15) is 68.6 Å². The van der Waals surface area contributed by atoms with Gasteiger partial charge in [0.05, 0.1) is 37.1 Å². The first-order chi connectivity index (χ1) is 23.6. The molecule has 258 valence electrons. The van der Waals surface area contributed by atoms with Gasteiger partial charge in [0, 0.05) is 43.6 Å². The minimum absolute atomic E-state index is 0.142. The first kappa shape index (κ1) is 34.6. The number of carbonyl (C=O) groups excluding carboxylic acids is 2. The molecule has 2 atom stereocenters. The number of thiophene rings is 1. The number of fused-ring (bicyclic) bond motifs is 1. The van der Waals surface area contributed by atoms with E-state index < -0.39 is 16.1 Å². The fourth-order valence-electron chi connectivity index (χ4n) is 6.76. The van der Waals surface area contributed by atoms with Crippen molar-refractivity contribution in [2.75, 3.05) is 51.8 Å². The molecule has 2 amide bonds. The lowest BCUT2D eigenvalue weighted by molar-refractivity contribution is 0.0572. The molecule has 2 aliphatic heterocycles. The maximum absolute atomic E-state index is 14.4. The summed E-state index contributed by atoms with van der Waals surface area (Å²) >= 11 is 1.21. The summed E-state index contributed by atoms with van der Waals surface area (Å²) in [6, 6.07) is 24.2. The van der Waals surface area contributed by atoms with Gasteiger partial charge in [0.25, 0.3) is 11.8 Å². The molecule has 6 rings (SSSR count). The van der Waals surface area contributed by atoms with Crippen LogP contribution in [0.3, 0.4) is 0 Å². The van der Waals surface area contributed by atoms with Gasteiger partial charge < -0.3 is 14.4 Å². The van der Waals surface area contributed by atoms with Gasteiger partial charge in [-0.3, -0.25) is 19.4 Å². The number of hydrogen-bond donors (Lipinski definition) is 1. The standard InChI is InChI=1S/C37H42N4O6S2/c1-25-15-18-34(48-25)49(44,45)38-19-9-14-30(28-16-17-32(46-3)33(24-28)47-4)41-36(42)29-12-8-13-31(35(29)37(41)43)40-22-20-39(21-23-40)26(2)27-10-6-5-7-11-27/h5-8,10-13,15-18,24,26,30,38H,9,14,19-23H2,1-4H3/t26-,30?/m1/s1. The summed E-state index contributed by atoms with van der Waals surface area (Å²) in [4.78, 5) is 35.4. The molecular formula is C37H42N4O6S2. The van der Waals surface area contributed by atoms with Crippen molar-refractivity contribution < 1.29 is 27.5 Å². The third-order valence-electron chi connectivity index (χ3n) is 9.44. The second-order valence-corrected chi connectivity index (χ2v) is 15.6. The van der Waals surface area contributed by atoms with E-state index in [-0.39, 0.29) is 28.6 Å². The van der Waals surface area contributed by atoms with E-state index in [2.05, 4.69) is 45.7 Å². The van der Waals surface area contributed by atoms with E-state index in [0.29, 0.717) is 41.0 Å². The van der Waals surface area contributed by atoms with Crippen LogP contribution in [0.2, 0.25) is 0 Å². The summed E-state index contributed by atoms with van der Waals surface area (Å²) < 4.78 is 39.7. The Morgan fingerprint density at radius 2 is 1.57 bits per heavy atom. The minimum Gasteiger partial charge on any atom is -0.493 e. The number of nitrogens with one attached hydrogen (secondary N) is 1. The number of nitrogens with zero attached hydrogens (tertiary/aromatic N) is 3. The molecule has 0 aliphatic carbocycles. The van der Waals surface area contributed by atoms with E-state index in [1.165, 1.54) is 28.9 Å². The molecule has 0 spiro atoms. The van der Waals surface area contributed by atoms with Crippen LogP contribution in [0.15, 0.2) is 83.1 Å². The lowest BCUT2D eigenvalue weighted by Gasteiger charge is -2.39. The lowest BCUT2D eigenvalue weighted by atomic mass is 9.99. The van der Waals surface area contributed by atoms with Crippen molar-refractivity contribution in [3.05, 3.63) is 106 Å². The van der Waals surface area contributed by atoms with E-state index in [9.17, 15) is 18.0 Å². The number of sulfonamides is 1. The zero-order valence-electron chi connectivity index (χ0n) is 28.2. The molecule has 1 saturated heterocycles. The molecule has 2 aliphatic rings. The van der Waals surface area contributed by atoms with Gasteiger partial charge >= 0.3 is 0 Å².